The molecule has 1 fully saturated rings. The Kier molecular flexibility index (Phi) is 7.63. The summed E-state index contributed by atoms with van der Waals surface area (Å²) in [6, 6.07) is 2.42. The van der Waals surface area contributed by atoms with Crippen molar-refractivity contribution in [3.05, 3.63) is 30.4 Å². The highest BCUT2D eigenvalue weighted by Crippen LogP contribution is 2.41. The van der Waals surface area contributed by atoms with Crippen LogP contribution in [-0.4, -0.2) is 81.3 Å². The van der Waals surface area contributed by atoms with E-state index in [9.17, 15) is 19.5 Å². The van der Waals surface area contributed by atoms with E-state index in [1.165, 1.54) is 25.3 Å². The molecule has 2 radical (unpaired) electrons. The zero-order chi connectivity index (χ0) is 23.3. The predicted octanol–water partition coefficient (Wildman–Crippen LogP) is 1.41. The number of aliphatic hydroxyl groups is 1. The first-order chi connectivity index (χ1) is 15.4. The van der Waals surface area contributed by atoms with Crippen LogP contribution in [0.5, 0.6) is 11.5 Å². The van der Waals surface area contributed by atoms with Gasteiger partial charge in [-0.2, -0.15) is 0 Å². The number of carbonyl (C=O) groups excluding carboxylic acids is 3. The highest BCUT2D eigenvalue weighted by Gasteiger charge is 2.45. The SMILES string of the molecule is [B]C(=O)NCCCOc1cc2c(cc1OC)C(=O)N1CCC[C@H]1[C@H](O)N2C(=O)OCC=C. The number of fused-ring (bicyclic) bond motifs is 2. The van der Waals surface area contributed by atoms with E-state index in [4.69, 9.17) is 22.1 Å². The number of amides is 3. The molecule has 2 aliphatic heterocycles. The van der Waals surface area contributed by atoms with Crippen LogP contribution >= 0.6 is 0 Å². The lowest BCUT2D eigenvalue weighted by molar-refractivity contribution is 0.0496. The van der Waals surface area contributed by atoms with Crippen LogP contribution in [0.4, 0.5) is 15.3 Å². The number of methoxy groups -OCH3 is 1. The first-order valence-corrected chi connectivity index (χ1v) is 10.3. The van der Waals surface area contributed by atoms with Crippen molar-refractivity contribution in [3.63, 3.8) is 0 Å². The van der Waals surface area contributed by atoms with Gasteiger partial charge in [-0.25, -0.2) is 9.69 Å². The van der Waals surface area contributed by atoms with E-state index >= 15 is 0 Å². The summed E-state index contributed by atoms with van der Waals surface area (Å²) in [5.41, 5.74) is 0.362. The van der Waals surface area contributed by atoms with Gasteiger partial charge in [-0.3, -0.25) is 9.59 Å². The third-order valence-electron chi connectivity index (χ3n) is 5.34. The normalized spacial score (nSPS) is 19.5. The van der Waals surface area contributed by atoms with Gasteiger partial charge in [0, 0.05) is 19.2 Å². The number of aliphatic hydroxyl groups excluding tert-OH is 1. The average molecular weight is 443 g/mol. The molecule has 170 valence electrons. The maximum Gasteiger partial charge on any atom is 0.416 e. The van der Waals surface area contributed by atoms with Crippen molar-refractivity contribution < 1.29 is 33.7 Å². The third-order valence-corrected chi connectivity index (χ3v) is 5.34. The smallest absolute Gasteiger partial charge is 0.416 e. The summed E-state index contributed by atoms with van der Waals surface area (Å²) in [6.07, 6.45) is 1.06. The molecule has 0 aromatic heterocycles. The van der Waals surface area contributed by atoms with Crippen LogP contribution in [0.25, 0.3) is 0 Å². The maximum atomic E-state index is 13.3. The summed E-state index contributed by atoms with van der Waals surface area (Å²) < 4.78 is 16.4. The molecule has 1 aromatic carbocycles. The van der Waals surface area contributed by atoms with Gasteiger partial charge >= 0.3 is 6.09 Å². The summed E-state index contributed by atoms with van der Waals surface area (Å²) >= 11 is 0. The van der Waals surface area contributed by atoms with Gasteiger partial charge in [0.25, 0.3) is 5.91 Å². The molecule has 0 bridgehead atoms. The van der Waals surface area contributed by atoms with Gasteiger partial charge < -0.3 is 29.5 Å². The Balaban J connectivity index is 1.97. The number of rotatable bonds is 8. The number of hydrogen-bond acceptors (Lipinski definition) is 7. The predicted molar refractivity (Wildman–Crippen MR) is 116 cm³/mol. The van der Waals surface area contributed by atoms with E-state index in [1.807, 2.05) is 0 Å². The summed E-state index contributed by atoms with van der Waals surface area (Å²) in [5.74, 6) is -0.370. The monoisotopic (exact) mass is 443 g/mol. The van der Waals surface area contributed by atoms with Gasteiger partial charge in [-0.1, -0.05) is 12.7 Å². The molecule has 2 atom stereocenters. The standard InChI is InChI=1S/C21H26BN3O7/c1-3-9-32-21(29)25-15-12-17(31-10-5-7-23-20(22)28)16(30-2)11-13(15)18(26)24-8-4-6-14(24)19(25)27/h3,11-12,14,19,27H,1,4-10H2,2H3,(H,23,28)/t14-,19-/m0/s1. The van der Waals surface area contributed by atoms with Crippen molar-refractivity contribution in [2.75, 3.05) is 38.3 Å². The van der Waals surface area contributed by atoms with Crippen molar-refractivity contribution in [2.24, 2.45) is 0 Å². The zero-order valence-corrected chi connectivity index (χ0v) is 17.9. The molecular weight excluding hydrogens is 417 g/mol. The van der Waals surface area contributed by atoms with Crippen molar-refractivity contribution in [1.82, 2.24) is 10.2 Å². The lowest BCUT2D eigenvalue weighted by atomic mass is 10.1. The van der Waals surface area contributed by atoms with Gasteiger partial charge in [-0.15, -0.1) is 0 Å². The summed E-state index contributed by atoms with van der Waals surface area (Å²) in [6.45, 7) is 4.48. The zero-order valence-electron chi connectivity index (χ0n) is 17.9. The minimum Gasteiger partial charge on any atom is -0.493 e. The molecule has 2 N–H and O–H groups in total. The Morgan fingerprint density at radius 3 is 2.84 bits per heavy atom. The van der Waals surface area contributed by atoms with Crippen molar-refractivity contribution >= 4 is 31.3 Å². The number of hydrogen-bond donors (Lipinski definition) is 2. The second-order valence-corrected chi connectivity index (χ2v) is 7.37. The number of nitrogens with one attached hydrogen (secondary N) is 1. The number of nitrogens with zero attached hydrogens (tertiary/aromatic N) is 2. The summed E-state index contributed by atoms with van der Waals surface area (Å²) in [4.78, 5) is 39.5. The topological polar surface area (TPSA) is 118 Å². The number of ether oxygens (including phenoxy) is 3. The fourth-order valence-electron chi connectivity index (χ4n) is 3.89. The molecule has 10 nitrogen and oxygen atoms in total. The van der Waals surface area contributed by atoms with E-state index < -0.39 is 24.2 Å². The van der Waals surface area contributed by atoms with E-state index in [2.05, 4.69) is 11.9 Å². The molecule has 0 spiro atoms. The maximum absolute atomic E-state index is 13.3. The molecule has 32 heavy (non-hydrogen) atoms. The van der Waals surface area contributed by atoms with Gasteiger partial charge in [0.2, 0.25) is 0 Å². The van der Waals surface area contributed by atoms with Crippen LogP contribution in [0, 0.1) is 0 Å². The summed E-state index contributed by atoms with van der Waals surface area (Å²) in [5, 5.41) is 13.5. The van der Waals surface area contributed by atoms with Crippen LogP contribution in [0.2, 0.25) is 0 Å². The molecule has 1 aromatic rings. The van der Waals surface area contributed by atoms with E-state index in [0.717, 1.165) is 11.3 Å². The average Bonchev–Trinajstić information content (AvgIpc) is 3.24. The second kappa shape index (κ2) is 10.4. The minimum atomic E-state index is -1.29. The van der Waals surface area contributed by atoms with Crippen LogP contribution in [-0.2, 0) is 4.74 Å². The quantitative estimate of drug-likeness (QED) is 0.354. The van der Waals surface area contributed by atoms with Crippen LogP contribution in [0.3, 0.4) is 0 Å². The summed E-state index contributed by atoms with van der Waals surface area (Å²) in [7, 11) is 6.48. The van der Waals surface area contributed by atoms with E-state index in [0.29, 0.717) is 31.7 Å². The molecule has 3 rings (SSSR count). The number of anilines is 1. The second-order valence-electron chi connectivity index (χ2n) is 7.37. The van der Waals surface area contributed by atoms with Crippen molar-refractivity contribution in [1.29, 1.82) is 0 Å². The molecular formula is C21H26BN3O7. The molecule has 11 heteroatoms. The lowest BCUT2D eigenvalue weighted by Crippen LogP contribution is -2.50. The fourth-order valence-corrected chi connectivity index (χ4v) is 3.89. The van der Waals surface area contributed by atoms with Crippen molar-refractivity contribution in [3.8, 4) is 11.5 Å². The molecule has 1 saturated heterocycles. The van der Waals surface area contributed by atoms with Gasteiger partial charge in [0.05, 0.1) is 31.0 Å². The molecule has 2 aliphatic rings. The minimum absolute atomic E-state index is 0.0495. The Morgan fingerprint density at radius 1 is 1.38 bits per heavy atom. The first kappa shape index (κ1) is 23.5. The Labute approximate surface area is 187 Å². The highest BCUT2D eigenvalue weighted by molar-refractivity contribution is 6.57. The molecule has 0 aliphatic carbocycles. The van der Waals surface area contributed by atoms with Gasteiger partial charge in [0.1, 0.15) is 6.61 Å². The Hall–Kier alpha value is -3.21. The third kappa shape index (κ3) is 4.82. The number of carbonyl (C=O) groups is 3. The fraction of sp³-hybridized carbons (Fsp3) is 0.476. The molecule has 0 saturated carbocycles. The molecule has 3 amide bonds. The lowest BCUT2D eigenvalue weighted by Gasteiger charge is -2.31. The van der Waals surface area contributed by atoms with E-state index in [-0.39, 0.29) is 36.1 Å². The van der Waals surface area contributed by atoms with Gasteiger partial charge in [-0.05, 0) is 25.3 Å². The Morgan fingerprint density at radius 2 is 2.16 bits per heavy atom. The largest absolute Gasteiger partial charge is 0.493 e. The molecule has 0 unspecified atom stereocenters. The van der Waals surface area contributed by atoms with E-state index in [1.54, 1.807) is 4.90 Å². The van der Waals surface area contributed by atoms with Crippen LogP contribution < -0.4 is 19.7 Å². The first-order valence-electron chi connectivity index (χ1n) is 10.3. The van der Waals surface area contributed by atoms with Gasteiger partial charge in [0.15, 0.2) is 31.4 Å². The van der Waals surface area contributed by atoms with Crippen LogP contribution in [0.15, 0.2) is 24.8 Å². The molecule has 2 heterocycles. The van der Waals surface area contributed by atoms with Crippen molar-refractivity contribution in [2.45, 2.75) is 31.5 Å². The van der Waals surface area contributed by atoms with Crippen LogP contribution in [0.1, 0.15) is 29.6 Å². The Bertz CT molecular complexity index is 894. The highest BCUT2D eigenvalue weighted by atomic mass is 16.6. The number of benzene rings is 1.